The number of aryl methyl sites for hydroxylation is 2. The molecule has 1 atom stereocenters. The Hall–Kier alpha value is -1.85. The summed E-state index contributed by atoms with van der Waals surface area (Å²) in [5.74, 6) is -0.114. The zero-order valence-corrected chi connectivity index (χ0v) is 12.0. The second-order valence-corrected chi connectivity index (χ2v) is 4.77. The number of amides is 1. The van der Waals surface area contributed by atoms with Crippen molar-refractivity contribution in [3.8, 4) is 0 Å². The van der Waals surface area contributed by atoms with E-state index < -0.39 is 5.54 Å². The first-order valence-corrected chi connectivity index (χ1v) is 6.14. The first kappa shape index (κ1) is 15.2. The number of hydrogen-bond acceptors (Lipinski definition) is 5. The highest BCUT2D eigenvalue weighted by atomic mass is 16.5. The van der Waals surface area contributed by atoms with Gasteiger partial charge in [0.25, 0.3) is 5.91 Å². The van der Waals surface area contributed by atoms with Gasteiger partial charge < -0.3 is 14.5 Å². The molecule has 0 aliphatic carbocycles. The van der Waals surface area contributed by atoms with Gasteiger partial charge in [0.1, 0.15) is 0 Å². The molecule has 1 heterocycles. The lowest BCUT2D eigenvalue weighted by Crippen LogP contribution is -2.47. The summed E-state index contributed by atoms with van der Waals surface area (Å²) in [7, 11) is 1.32. The van der Waals surface area contributed by atoms with E-state index in [2.05, 4.69) is 15.0 Å². The molecule has 0 fully saturated rings. The van der Waals surface area contributed by atoms with Crippen LogP contribution in [0.3, 0.4) is 0 Å². The van der Waals surface area contributed by atoms with Crippen molar-refractivity contribution >= 4 is 11.9 Å². The van der Waals surface area contributed by atoms with Crippen LogP contribution in [0.4, 0.5) is 0 Å². The summed E-state index contributed by atoms with van der Waals surface area (Å²) >= 11 is 0. The van der Waals surface area contributed by atoms with Crippen LogP contribution in [0.5, 0.6) is 0 Å². The Morgan fingerprint density at radius 3 is 2.47 bits per heavy atom. The minimum absolute atomic E-state index is 0.109. The largest absolute Gasteiger partial charge is 0.469 e. The van der Waals surface area contributed by atoms with E-state index >= 15 is 0 Å². The fourth-order valence-electron chi connectivity index (χ4n) is 1.72. The van der Waals surface area contributed by atoms with Crippen LogP contribution in [0.15, 0.2) is 4.42 Å². The van der Waals surface area contributed by atoms with Gasteiger partial charge in [-0.15, -0.1) is 0 Å². The Morgan fingerprint density at radius 1 is 1.42 bits per heavy atom. The maximum absolute atomic E-state index is 12.1. The maximum Gasteiger partial charge on any atom is 0.307 e. The maximum atomic E-state index is 12.1. The van der Waals surface area contributed by atoms with E-state index in [4.69, 9.17) is 4.42 Å². The highest BCUT2D eigenvalue weighted by Gasteiger charge is 2.30. The minimum Gasteiger partial charge on any atom is -0.469 e. The number of nitrogens with one attached hydrogen (secondary N) is 1. The molecule has 106 valence electrons. The molecule has 1 aromatic rings. The second-order valence-electron chi connectivity index (χ2n) is 4.77. The van der Waals surface area contributed by atoms with Crippen molar-refractivity contribution in [2.45, 2.75) is 46.1 Å². The number of carbonyl (C=O) groups is 2. The molecular weight excluding hydrogens is 248 g/mol. The van der Waals surface area contributed by atoms with E-state index in [1.165, 1.54) is 7.11 Å². The van der Waals surface area contributed by atoms with Crippen molar-refractivity contribution in [2.75, 3.05) is 7.11 Å². The van der Waals surface area contributed by atoms with Crippen LogP contribution in [0.2, 0.25) is 0 Å². The molecule has 0 bridgehead atoms. The Bertz CT molecular complexity index is 481. The van der Waals surface area contributed by atoms with Crippen molar-refractivity contribution in [1.29, 1.82) is 0 Å². The molecular formula is C13H20N2O4. The number of oxazole rings is 1. The third-order valence-electron chi connectivity index (χ3n) is 3.07. The van der Waals surface area contributed by atoms with Gasteiger partial charge >= 0.3 is 5.97 Å². The fourth-order valence-corrected chi connectivity index (χ4v) is 1.72. The zero-order chi connectivity index (χ0) is 14.6. The van der Waals surface area contributed by atoms with Gasteiger partial charge in [-0.3, -0.25) is 9.59 Å². The topological polar surface area (TPSA) is 81.4 Å². The predicted octanol–water partition coefficient (Wildman–Crippen LogP) is 1.75. The van der Waals surface area contributed by atoms with E-state index in [-0.39, 0.29) is 24.1 Å². The Morgan fingerprint density at radius 2 is 2.05 bits per heavy atom. The van der Waals surface area contributed by atoms with Crippen molar-refractivity contribution in [3.05, 3.63) is 17.3 Å². The molecule has 1 N–H and O–H groups in total. The van der Waals surface area contributed by atoms with Crippen molar-refractivity contribution < 1.29 is 18.7 Å². The number of rotatable bonds is 5. The summed E-state index contributed by atoms with van der Waals surface area (Å²) in [6.07, 6.45) is 0.706. The Balaban J connectivity index is 2.83. The molecule has 0 saturated heterocycles. The van der Waals surface area contributed by atoms with Crippen LogP contribution < -0.4 is 5.32 Å². The summed E-state index contributed by atoms with van der Waals surface area (Å²) in [5.41, 5.74) is -0.136. The molecule has 0 radical (unpaired) electrons. The highest BCUT2D eigenvalue weighted by molar-refractivity contribution is 5.93. The standard InChI is InChI=1S/C13H20N2O4/c1-6-13(4,7-10(16)18-5)15-12(17)11-8(2)14-9(3)19-11/h6-7H2,1-5H3,(H,15,17)/t13-/m0/s1. The van der Waals surface area contributed by atoms with Crippen LogP contribution in [-0.4, -0.2) is 29.5 Å². The lowest BCUT2D eigenvalue weighted by molar-refractivity contribution is -0.142. The quantitative estimate of drug-likeness (QED) is 0.823. The van der Waals surface area contributed by atoms with Gasteiger partial charge in [0.15, 0.2) is 5.89 Å². The molecule has 0 spiro atoms. The van der Waals surface area contributed by atoms with Gasteiger partial charge in [-0.1, -0.05) is 6.92 Å². The van der Waals surface area contributed by atoms with Gasteiger partial charge in [0.2, 0.25) is 5.76 Å². The number of nitrogens with zero attached hydrogens (tertiary/aromatic N) is 1. The number of methoxy groups -OCH3 is 1. The van der Waals surface area contributed by atoms with Gasteiger partial charge in [0, 0.05) is 12.5 Å². The van der Waals surface area contributed by atoms with Crippen LogP contribution in [0.25, 0.3) is 0 Å². The molecule has 0 aliphatic heterocycles. The molecule has 0 saturated carbocycles. The number of esters is 1. The number of ether oxygens (including phenoxy) is 1. The van der Waals surface area contributed by atoms with Gasteiger partial charge in [0.05, 0.1) is 19.2 Å². The predicted molar refractivity (Wildman–Crippen MR) is 68.8 cm³/mol. The van der Waals surface area contributed by atoms with E-state index in [9.17, 15) is 9.59 Å². The van der Waals surface area contributed by atoms with Crippen LogP contribution in [0.1, 0.15) is 48.8 Å². The summed E-state index contributed by atoms with van der Waals surface area (Å²) in [5, 5.41) is 2.81. The lowest BCUT2D eigenvalue weighted by atomic mass is 9.94. The number of carbonyl (C=O) groups excluding carboxylic acids is 2. The van der Waals surface area contributed by atoms with E-state index in [1.54, 1.807) is 20.8 Å². The summed E-state index contributed by atoms with van der Waals surface area (Å²) in [6.45, 7) is 7.06. The monoisotopic (exact) mass is 268 g/mol. The first-order valence-electron chi connectivity index (χ1n) is 6.14. The Kier molecular flexibility index (Phi) is 4.69. The Labute approximate surface area is 112 Å². The molecule has 1 amide bonds. The van der Waals surface area contributed by atoms with Crippen LogP contribution >= 0.6 is 0 Å². The van der Waals surface area contributed by atoms with E-state index in [0.29, 0.717) is 18.0 Å². The minimum atomic E-state index is -0.669. The molecule has 0 aliphatic rings. The summed E-state index contributed by atoms with van der Waals surface area (Å²) < 4.78 is 9.90. The zero-order valence-electron chi connectivity index (χ0n) is 12.0. The molecule has 1 aromatic heterocycles. The third-order valence-corrected chi connectivity index (χ3v) is 3.07. The highest BCUT2D eigenvalue weighted by Crippen LogP contribution is 2.17. The molecule has 0 aromatic carbocycles. The summed E-state index contributed by atoms with van der Waals surface area (Å²) in [6, 6.07) is 0. The third kappa shape index (κ3) is 3.81. The van der Waals surface area contributed by atoms with Crippen LogP contribution in [-0.2, 0) is 9.53 Å². The average Bonchev–Trinajstić information content (AvgIpc) is 2.68. The number of hydrogen-bond donors (Lipinski definition) is 1. The molecule has 6 heteroatoms. The second kappa shape index (κ2) is 5.86. The molecule has 0 unspecified atom stereocenters. The van der Waals surface area contributed by atoms with Crippen molar-refractivity contribution in [1.82, 2.24) is 10.3 Å². The van der Waals surface area contributed by atoms with E-state index in [1.807, 2.05) is 6.92 Å². The smallest absolute Gasteiger partial charge is 0.307 e. The van der Waals surface area contributed by atoms with Crippen molar-refractivity contribution in [2.24, 2.45) is 0 Å². The summed E-state index contributed by atoms with van der Waals surface area (Å²) in [4.78, 5) is 27.5. The average molecular weight is 268 g/mol. The van der Waals surface area contributed by atoms with Gasteiger partial charge in [-0.2, -0.15) is 0 Å². The lowest BCUT2D eigenvalue weighted by Gasteiger charge is -2.28. The van der Waals surface area contributed by atoms with Crippen molar-refractivity contribution in [3.63, 3.8) is 0 Å². The molecule has 6 nitrogen and oxygen atoms in total. The van der Waals surface area contributed by atoms with Gasteiger partial charge in [-0.25, -0.2) is 4.98 Å². The number of aromatic nitrogens is 1. The first-order chi connectivity index (χ1) is 8.81. The van der Waals surface area contributed by atoms with E-state index in [0.717, 1.165) is 0 Å². The molecule has 19 heavy (non-hydrogen) atoms. The SMILES string of the molecule is CC[C@@](C)(CC(=O)OC)NC(=O)c1oc(C)nc1C. The molecule has 1 rings (SSSR count). The van der Waals surface area contributed by atoms with Gasteiger partial charge in [-0.05, 0) is 20.3 Å². The normalized spacial score (nSPS) is 13.7. The van der Waals surface area contributed by atoms with Crippen LogP contribution in [0, 0.1) is 13.8 Å². The fraction of sp³-hybridized carbons (Fsp3) is 0.615.